The van der Waals surface area contributed by atoms with Crippen LogP contribution in [0.4, 0.5) is 8.78 Å². The van der Waals surface area contributed by atoms with Crippen LogP contribution in [0.15, 0.2) is 94.2 Å². The molecule has 0 spiro atoms. The molecule has 3 aromatic carbocycles. The summed E-state index contributed by atoms with van der Waals surface area (Å²) in [5.41, 5.74) is 2.57. The molecule has 166 valence electrons. The molecule has 0 atom stereocenters. The number of aliphatic imine (C=N–C) groups is 2. The zero-order chi connectivity index (χ0) is 23.7. The average molecular weight is 456 g/mol. The number of esters is 2. The number of nitrogens with zero attached hydrogens (tertiary/aromatic N) is 2. The highest BCUT2D eigenvalue weighted by atomic mass is 19.1. The maximum Gasteiger partial charge on any atom is 0.363 e. The summed E-state index contributed by atoms with van der Waals surface area (Å²) in [7, 11) is 0. The minimum Gasteiger partial charge on any atom is -0.402 e. The van der Waals surface area contributed by atoms with Gasteiger partial charge in [-0.15, -0.1) is 0 Å². The van der Waals surface area contributed by atoms with Crippen molar-refractivity contribution >= 4 is 35.9 Å². The Morgan fingerprint density at radius 1 is 0.559 bits per heavy atom. The highest BCUT2D eigenvalue weighted by molar-refractivity contribution is 6.13. The molecular weight excluding hydrogens is 442 g/mol. The molecule has 0 unspecified atom stereocenters. The Labute approximate surface area is 192 Å². The second kappa shape index (κ2) is 8.67. The minimum absolute atomic E-state index is 0.104. The molecule has 0 radical (unpaired) electrons. The van der Waals surface area contributed by atoms with Crippen molar-refractivity contribution in [3.05, 3.63) is 118 Å². The molecule has 0 amide bonds. The molecule has 2 aliphatic heterocycles. The molecule has 0 saturated carbocycles. The van der Waals surface area contributed by atoms with Crippen molar-refractivity contribution < 1.29 is 27.8 Å². The predicted molar refractivity (Wildman–Crippen MR) is 120 cm³/mol. The van der Waals surface area contributed by atoms with Gasteiger partial charge in [-0.2, -0.15) is 0 Å². The van der Waals surface area contributed by atoms with Crippen LogP contribution in [0.3, 0.4) is 0 Å². The number of hydrogen-bond acceptors (Lipinski definition) is 6. The number of halogens is 2. The van der Waals surface area contributed by atoms with E-state index >= 15 is 0 Å². The first-order valence-electron chi connectivity index (χ1n) is 10.1. The van der Waals surface area contributed by atoms with Gasteiger partial charge in [-0.25, -0.2) is 28.4 Å². The molecule has 0 bridgehead atoms. The molecular formula is C26H14F2N2O4. The predicted octanol–water partition coefficient (Wildman–Crippen LogP) is 4.65. The highest BCUT2D eigenvalue weighted by Gasteiger charge is 2.25. The zero-order valence-electron chi connectivity index (χ0n) is 17.4. The molecule has 5 rings (SSSR count). The van der Waals surface area contributed by atoms with Crippen LogP contribution in [0.25, 0.3) is 12.2 Å². The van der Waals surface area contributed by atoms with Gasteiger partial charge in [-0.05, 0) is 71.8 Å². The van der Waals surface area contributed by atoms with E-state index in [4.69, 9.17) is 9.47 Å². The van der Waals surface area contributed by atoms with Crippen molar-refractivity contribution in [2.24, 2.45) is 9.98 Å². The van der Waals surface area contributed by atoms with Crippen LogP contribution in [-0.4, -0.2) is 23.7 Å². The third-order valence-electron chi connectivity index (χ3n) is 4.97. The number of benzene rings is 3. The van der Waals surface area contributed by atoms with Crippen molar-refractivity contribution in [1.82, 2.24) is 0 Å². The van der Waals surface area contributed by atoms with Gasteiger partial charge in [0.15, 0.2) is 11.4 Å². The Morgan fingerprint density at radius 3 is 1.26 bits per heavy atom. The van der Waals surface area contributed by atoms with Crippen molar-refractivity contribution in [2.75, 3.05) is 0 Å². The van der Waals surface area contributed by atoms with Crippen molar-refractivity contribution in [2.45, 2.75) is 0 Å². The van der Waals surface area contributed by atoms with Crippen molar-refractivity contribution in [3.8, 4) is 0 Å². The molecule has 8 heteroatoms. The number of carbonyl (C=O) groups is 2. The third kappa shape index (κ3) is 4.42. The third-order valence-corrected chi connectivity index (χ3v) is 4.97. The maximum atomic E-state index is 13.1. The molecule has 0 N–H and O–H groups in total. The average Bonchev–Trinajstić information content (AvgIpc) is 3.38. The number of carbonyl (C=O) groups excluding carboxylic acids is 2. The number of rotatable bonds is 4. The fraction of sp³-hybridized carbons (Fsp3) is 0. The Hall–Kier alpha value is -4.72. The summed E-state index contributed by atoms with van der Waals surface area (Å²) in [5.74, 6) is -1.81. The second-order valence-corrected chi connectivity index (χ2v) is 7.35. The summed E-state index contributed by atoms with van der Waals surface area (Å²) in [6.45, 7) is 0. The van der Waals surface area contributed by atoms with E-state index in [0.29, 0.717) is 22.3 Å². The van der Waals surface area contributed by atoms with Crippen molar-refractivity contribution in [3.63, 3.8) is 0 Å². The Balaban J connectivity index is 1.34. The van der Waals surface area contributed by atoms with Gasteiger partial charge >= 0.3 is 11.9 Å². The summed E-state index contributed by atoms with van der Waals surface area (Å²) in [6, 6.07) is 17.9. The van der Waals surface area contributed by atoms with Crippen LogP contribution >= 0.6 is 0 Å². The van der Waals surface area contributed by atoms with Crippen LogP contribution < -0.4 is 0 Å². The van der Waals surface area contributed by atoms with Gasteiger partial charge in [0.2, 0.25) is 11.8 Å². The van der Waals surface area contributed by atoms with Gasteiger partial charge in [-0.1, -0.05) is 24.3 Å². The lowest BCUT2D eigenvalue weighted by atomic mass is 10.1. The van der Waals surface area contributed by atoms with Crippen LogP contribution in [-0.2, 0) is 19.1 Å². The normalized spacial score (nSPS) is 17.6. The minimum atomic E-state index is -0.609. The maximum absolute atomic E-state index is 13.1. The van der Waals surface area contributed by atoms with E-state index in [1.807, 2.05) is 0 Å². The van der Waals surface area contributed by atoms with E-state index in [1.54, 1.807) is 36.4 Å². The topological polar surface area (TPSA) is 77.3 Å². The summed E-state index contributed by atoms with van der Waals surface area (Å²) in [4.78, 5) is 32.7. The molecule has 0 aromatic heterocycles. The Kier molecular flexibility index (Phi) is 5.39. The van der Waals surface area contributed by atoms with E-state index in [-0.39, 0.29) is 23.2 Å². The molecule has 2 aliphatic rings. The summed E-state index contributed by atoms with van der Waals surface area (Å²) in [6.07, 6.45) is 3.12. The van der Waals surface area contributed by atoms with E-state index < -0.39 is 23.6 Å². The zero-order valence-corrected chi connectivity index (χ0v) is 17.4. The molecule has 6 nitrogen and oxygen atoms in total. The number of cyclic esters (lactones) is 2. The van der Waals surface area contributed by atoms with E-state index in [0.717, 1.165) is 0 Å². The van der Waals surface area contributed by atoms with Gasteiger partial charge in [0.25, 0.3) is 0 Å². The first kappa shape index (κ1) is 21.1. The van der Waals surface area contributed by atoms with Crippen LogP contribution in [0.2, 0.25) is 0 Å². The van der Waals surface area contributed by atoms with E-state index in [2.05, 4.69) is 9.98 Å². The monoisotopic (exact) mass is 456 g/mol. The van der Waals surface area contributed by atoms with Gasteiger partial charge < -0.3 is 9.47 Å². The molecule has 34 heavy (non-hydrogen) atoms. The van der Waals surface area contributed by atoms with Crippen LogP contribution in [0, 0.1) is 11.6 Å². The lowest BCUT2D eigenvalue weighted by Gasteiger charge is -1.98. The lowest BCUT2D eigenvalue weighted by Crippen LogP contribution is -2.05. The summed E-state index contributed by atoms with van der Waals surface area (Å²) in [5, 5.41) is 0. The second-order valence-electron chi connectivity index (χ2n) is 7.35. The number of ether oxygens (including phenoxy) is 2. The Bertz CT molecular complexity index is 1310. The quantitative estimate of drug-likeness (QED) is 0.423. The summed E-state index contributed by atoms with van der Waals surface area (Å²) >= 11 is 0. The summed E-state index contributed by atoms with van der Waals surface area (Å²) < 4.78 is 36.5. The first-order valence-corrected chi connectivity index (χ1v) is 10.1. The molecule has 0 aliphatic carbocycles. The lowest BCUT2D eigenvalue weighted by molar-refractivity contribution is -0.130. The smallest absolute Gasteiger partial charge is 0.363 e. The van der Waals surface area contributed by atoms with Gasteiger partial charge in [0.05, 0.1) is 0 Å². The van der Waals surface area contributed by atoms with Crippen LogP contribution in [0.1, 0.15) is 22.3 Å². The Morgan fingerprint density at radius 2 is 0.912 bits per heavy atom. The fourth-order valence-corrected chi connectivity index (χ4v) is 3.25. The molecule has 0 saturated heterocycles. The van der Waals surface area contributed by atoms with Crippen molar-refractivity contribution in [1.29, 1.82) is 0 Å². The van der Waals surface area contributed by atoms with Crippen LogP contribution in [0.5, 0.6) is 0 Å². The SMILES string of the molecule is O=C1OC(c2ccc(F)cc2)=N/C1=C\c1ccc(/C=C2\N=C(c3ccc(F)cc3)OC2=O)cc1. The molecule has 3 aromatic rings. The van der Waals surface area contributed by atoms with Gasteiger partial charge in [0, 0.05) is 11.1 Å². The number of hydrogen-bond donors (Lipinski definition) is 0. The van der Waals surface area contributed by atoms with Gasteiger partial charge in [-0.3, -0.25) is 0 Å². The largest absolute Gasteiger partial charge is 0.402 e. The van der Waals surface area contributed by atoms with E-state index in [1.165, 1.54) is 48.5 Å². The van der Waals surface area contributed by atoms with E-state index in [9.17, 15) is 18.4 Å². The fourth-order valence-electron chi connectivity index (χ4n) is 3.25. The standard InChI is InChI=1S/C26H14F2N2O4/c27-19-9-5-17(6-10-19)23-29-21(25(31)33-23)13-15-1-2-16(4-3-15)14-22-26(32)34-24(30-22)18-7-11-20(28)12-8-18/h1-14H/b21-13-,22-14-. The molecule has 0 fully saturated rings. The first-order chi connectivity index (χ1) is 16.4. The highest BCUT2D eigenvalue weighted by Crippen LogP contribution is 2.22. The molecule has 2 heterocycles. The van der Waals surface area contributed by atoms with Gasteiger partial charge in [0.1, 0.15) is 11.6 Å².